The lowest BCUT2D eigenvalue weighted by atomic mass is 10.1. The molecule has 0 bridgehead atoms. The predicted molar refractivity (Wildman–Crippen MR) is 75.3 cm³/mol. The zero-order chi connectivity index (χ0) is 13.7. The second-order valence-electron chi connectivity index (χ2n) is 4.53. The van der Waals surface area contributed by atoms with Crippen molar-refractivity contribution in [3.63, 3.8) is 0 Å². The maximum absolute atomic E-state index is 12.0. The Hall–Kier alpha value is -1.10. The fourth-order valence-corrected chi connectivity index (χ4v) is 2.22. The number of halogens is 1. The van der Waals surface area contributed by atoms with Crippen molar-refractivity contribution in [2.75, 3.05) is 32.8 Å². The van der Waals surface area contributed by atoms with Crippen LogP contribution in [0.25, 0.3) is 0 Å². The highest BCUT2D eigenvalue weighted by Crippen LogP contribution is 2.23. The van der Waals surface area contributed by atoms with Gasteiger partial charge in [0.25, 0.3) is 0 Å². The van der Waals surface area contributed by atoms with Crippen LogP contribution in [0, 0.1) is 0 Å². The van der Waals surface area contributed by atoms with E-state index < -0.39 is 0 Å². The summed E-state index contributed by atoms with van der Waals surface area (Å²) in [7, 11) is 0. The molecule has 0 radical (unpaired) electrons. The topological polar surface area (TPSA) is 41.6 Å². The van der Waals surface area contributed by atoms with Crippen molar-refractivity contribution in [3.8, 4) is 0 Å². The van der Waals surface area contributed by atoms with Gasteiger partial charge in [0.05, 0.1) is 19.7 Å². The first kappa shape index (κ1) is 14.3. The Labute approximate surface area is 118 Å². The van der Waals surface area contributed by atoms with Gasteiger partial charge in [0.15, 0.2) is 0 Å². The Morgan fingerprint density at radius 3 is 2.89 bits per heavy atom. The van der Waals surface area contributed by atoms with Crippen LogP contribution in [0.15, 0.2) is 24.3 Å². The van der Waals surface area contributed by atoms with E-state index in [2.05, 4.69) is 5.32 Å². The van der Waals surface area contributed by atoms with Gasteiger partial charge < -0.3 is 15.0 Å². The molecule has 5 heteroatoms. The Morgan fingerprint density at radius 2 is 2.21 bits per heavy atom. The van der Waals surface area contributed by atoms with Gasteiger partial charge in [-0.15, -0.1) is 0 Å². The number of likely N-dealkylation sites (N-methyl/N-ethyl adjacent to an activating group) is 1. The lowest BCUT2D eigenvalue weighted by Gasteiger charge is -2.33. The number of benzene rings is 1. The molecule has 1 atom stereocenters. The highest BCUT2D eigenvalue weighted by atomic mass is 35.5. The van der Waals surface area contributed by atoms with Crippen LogP contribution in [-0.4, -0.2) is 43.6 Å². The molecule has 1 aliphatic rings. The van der Waals surface area contributed by atoms with Crippen LogP contribution in [0.5, 0.6) is 0 Å². The van der Waals surface area contributed by atoms with Crippen molar-refractivity contribution < 1.29 is 9.53 Å². The number of nitrogens with zero attached hydrogens (tertiary/aromatic N) is 1. The number of morpholine rings is 1. The largest absolute Gasteiger partial charge is 0.370 e. The predicted octanol–water partition coefficient (Wildman–Crippen LogP) is 1.85. The van der Waals surface area contributed by atoms with E-state index in [1.54, 1.807) is 0 Å². The van der Waals surface area contributed by atoms with Crippen molar-refractivity contribution >= 4 is 17.5 Å². The normalized spacial score (nSPS) is 19.5. The highest BCUT2D eigenvalue weighted by molar-refractivity contribution is 6.30. The van der Waals surface area contributed by atoms with Gasteiger partial charge in [-0.1, -0.05) is 30.7 Å². The Balaban J connectivity index is 1.96. The first-order chi connectivity index (χ1) is 9.20. The summed E-state index contributed by atoms with van der Waals surface area (Å²) in [6.07, 6.45) is -0.0587. The molecule has 4 nitrogen and oxygen atoms in total. The Morgan fingerprint density at radius 1 is 1.47 bits per heavy atom. The van der Waals surface area contributed by atoms with Crippen molar-refractivity contribution in [2.24, 2.45) is 0 Å². The molecule has 0 aromatic heterocycles. The molecule has 0 saturated carbocycles. The van der Waals surface area contributed by atoms with Gasteiger partial charge >= 0.3 is 0 Å². The van der Waals surface area contributed by atoms with E-state index in [0.29, 0.717) is 31.3 Å². The maximum atomic E-state index is 12.0. The summed E-state index contributed by atoms with van der Waals surface area (Å²) in [4.78, 5) is 13.8. The fraction of sp³-hybridized carbons (Fsp3) is 0.500. The van der Waals surface area contributed by atoms with E-state index >= 15 is 0 Å². The van der Waals surface area contributed by atoms with Gasteiger partial charge in [0.2, 0.25) is 5.91 Å². The lowest BCUT2D eigenvalue weighted by Crippen LogP contribution is -2.45. The molecule has 1 heterocycles. The van der Waals surface area contributed by atoms with Crippen molar-refractivity contribution in [3.05, 3.63) is 34.9 Å². The summed E-state index contributed by atoms with van der Waals surface area (Å²) < 4.78 is 5.73. The standard InChI is InChI=1S/C14H19ClN2O2/c1-2-16-9-14(18)17-7-8-19-13(10-17)11-3-5-12(15)6-4-11/h3-6,13,16H,2,7-10H2,1H3. The molecule has 1 aromatic rings. The smallest absolute Gasteiger partial charge is 0.236 e. The number of rotatable bonds is 4. The summed E-state index contributed by atoms with van der Waals surface area (Å²) in [6.45, 7) is 5.02. The molecular formula is C14H19ClN2O2. The number of amides is 1. The average Bonchev–Trinajstić information content (AvgIpc) is 2.45. The monoisotopic (exact) mass is 282 g/mol. The molecular weight excluding hydrogens is 264 g/mol. The number of ether oxygens (including phenoxy) is 1. The second kappa shape index (κ2) is 6.89. The van der Waals surface area contributed by atoms with E-state index in [1.165, 1.54) is 0 Å². The fourth-order valence-electron chi connectivity index (χ4n) is 2.10. The number of carbonyl (C=O) groups excluding carboxylic acids is 1. The summed E-state index contributed by atoms with van der Waals surface area (Å²) in [6, 6.07) is 7.59. The van der Waals surface area contributed by atoms with E-state index in [0.717, 1.165) is 12.1 Å². The lowest BCUT2D eigenvalue weighted by molar-refractivity contribution is -0.138. The van der Waals surface area contributed by atoms with Crippen LogP contribution >= 0.6 is 11.6 Å². The molecule has 1 aliphatic heterocycles. The number of nitrogens with one attached hydrogen (secondary N) is 1. The van der Waals surface area contributed by atoms with Crippen molar-refractivity contribution in [1.82, 2.24) is 10.2 Å². The van der Waals surface area contributed by atoms with Gasteiger partial charge in [0, 0.05) is 11.6 Å². The molecule has 1 unspecified atom stereocenters. The molecule has 1 fully saturated rings. The molecule has 1 N–H and O–H groups in total. The van der Waals surface area contributed by atoms with Crippen LogP contribution in [0.3, 0.4) is 0 Å². The van der Waals surface area contributed by atoms with Crippen LogP contribution in [0.2, 0.25) is 5.02 Å². The number of carbonyl (C=O) groups is 1. The highest BCUT2D eigenvalue weighted by Gasteiger charge is 2.24. The zero-order valence-corrected chi connectivity index (χ0v) is 11.8. The zero-order valence-electron chi connectivity index (χ0n) is 11.1. The molecule has 2 rings (SSSR count). The van der Waals surface area contributed by atoms with Crippen molar-refractivity contribution in [1.29, 1.82) is 0 Å². The minimum Gasteiger partial charge on any atom is -0.370 e. The Kier molecular flexibility index (Phi) is 5.19. The molecule has 1 aromatic carbocycles. The molecule has 1 amide bonds. The third kappa shape index (κ3) is 3.93. The first-order valence-electron chi connectivity index (χ1n) is 6.56. The summed E-state index contributed by atoms with van der Waals surface area (Å²) in [5, 5.41) is 3.77. The van der Waals surface area contributed by atoms with Crippen LogP contribution < -0.4 is 5.32 Å². The molecule has 1 saturated heterocycles. The van der Waals surface area contributed by atoms with E-state index in [-0.39, 0.29) is 12.0 Å². The summed E-state index contributed by atoms with van der Waals surface area (Å²) in [5.74, 6) is 0.129. The molecule has 0 aliphatic carbocycles. The van der Waals surface area contributed by atoms with Crippen LogP contribution in [0.4, 0.5) is 0 Å². The van der Waals surface area contributed by atoms with E-state index in [4.69, 9.17) is 16.3 Å². The quantitative estimate of drug-likeness (QED) is 0.916. The number of hydrogen-bond acceptors (Lipinski definition) is 3. The minimum atomic E-state index is -0.0587. The average molecular weight is 283 g/mol. The SMILES string of the molecule is CCNCC(=O)N1CCOC(c2ccc(Cl)cc2)C1. The van der Waals surface area contributed by atoms with Gasteiger partial charge in [-0.2, -0.15) is 0 Å². The number of hydrogen-bond donors (Lipinski definition) is 1. The molecule has 0 spiro atoms. The van der Waals surface area contributed by atoms with E-state index in [9.17, 15) is 4.79 Å². The summed E-state index contributed by atoms with van der Waals surface area (Å²) >= 11 is 5.87. The molecule has 19 heavy (non-hydrogen) atoms. The maximum Gasteiger partial charge on any atom is 0.236 e. The van der Waals surface area contributed by atoms with Gasteiger partial charge in [-0.05, 0) is 24.2 Å². The third-order valence-corrected chi connectivity index (χ3v) is 3.44. The second-order valence-corrected chi connectivity index (χ2v) is 4.97. The Bertz CT molecular complexity index is 422. The van der Waals surface area contributed by atoms with Gasteiger partial charge in [0.1, 0.15) is 6.10 Å². The van der Waals surface area contributed by atoms with Crippen molar-refractivity contribution in [2.45, 2.75) is 13.0 Å². The van der Waals surface area contributed by atoms with Gasteiger partial charge in [-0.3, -0.25) is 4.79 Å². The van der Waals surface area contributed by atoms with Crippen LogP contribution in [0.1, 0.15) is 18.6 Å². The molecule has 104 valence electrons. The van der Waals surface area contributed by atoms with Crippen LogP contribution in [-0.2, 0) is 9.53 Å². The van der Waals surface area contributed by atoms with E-state index in [1.807, 2.05) is 36.1 Å². The minimum absolute atomic E-state index is 0.0587. The third-order valence-electron chi connectivity index (χ3n) is 3.19. The summed E-state index contributed by atoms with van der Waals surface area (Å²) in [5.41, 5.74) is 1.06. The van der Waals surface area contributed by atoms with Gasteiger partial charge in [-0.25, -0.2) is 0 Å². The first-order valence-corrected chi connectivity index (χ1v) is 6.94.